The molecule has 156 valence electrons. The zero-order valence-electron chi connectivity index (χ0n) is 16.0. The topological polar surface area (TPSA) is 62.7 Å². The SMILES string of the molecule is COc1ccncc1[C@H](O)[C@H]1CCCCN1C(=O)Cc1ccc(C(F)(F)F)cc1. The van der Waals surface area contributed by atoms with Gasteiger partial charge in [-0.15, -0.1) is 0 Å². The van der Waals surface area contributed by atoms with Crippen molar-refractivity contribution in [3.63, 3.8) is 0 Å². The quantitative estimate of drug-likeness (QED) is 0.818. The maximum atomic E-state index is 12.9. The number of benzene rings is 1. The molecule has 5 nitrogen and oxygen atoms in total. The van der Waals surface area contributed by atoms with E-state index >= 15 is 0 Å². The summed E-state index contributed by atoms with van der Waals surface area (Å²) in [4.78, 5) is 18.6. The second-order valence-corrected chi connectivity index (χ2v) is 7.08. The second kappa shape index (κ2) is 8.82. The molecule has 0 saturated carbocycles. The number of hydrogen-bond acceptors (Lipinski definition) is 4. The van der Waals surface area contributed by atoms with E-state index in [-0.39, 0.29) is 12.3 Å². The molecule has 2 aromatic rings. The Morgan fingerprint density at radius 2 is 2.00 bits per heavy atom. The summed E-state index contributed by atoms with van der Waals surface area (Å²) >= 11 is 0. The number of rotatable bonds is 5. The third-order valence-electron chi connectivity index (χ3n) is 5.22. The molecule has 0 aliphatic carbocycles. The van der Waals surface area contributed by atoms with Gasteiger partial charge in [0.2, 0.25) is 5.91 Å². The van der Waals surface area contributed by atoms with Crippen LogP contribution < -0.4 is 4.74 Å². The lowest BCUT2D eigenvalue weighted by Gasteiger charge is -2.39. The zero-order chi connectivity index (χ0) is 21.0. The van der Waals surface area contributed by atoms with Crippen molar-refractivity contribution in [1.82, 2.24) is 9.88 Å². The second-order valence-electron chi connectivity index (χ2n) is 7.08. The summed E-state index contributed by atoms with van der Waals surface area (Å²) in [6, 6.07) is 5.80. The van der Waals surface area contributed by atoms with Crippen molar-refractivity contribution in [2.24, 2.45) is 0 Å². The van der Waals surface area contributed by atoms with E-state index in [1.165, 1.54) is 25.4 Å². The fourth-order valence-corrected chi connectivity index (χ4v) is 3.69. The van der Waals surface area contributed by atoms with E-state index in [0.29, 0.717) is 29.8 Å². The van der Waals surface area contributed by atoms with Crippen LogP contribution in [0, 0.1) is 0 Å². The van der Waals surface area contributed by atoms with Crippen LogP contribution in [-0.4, -0.2) is 40.6 Å². The van der Waals surface area contributed by atoms with Gasteiger partial charge in [-0.3, -0.25) is 9.78 Å². The first kappa shape index (κ1) is 21.1. The first-order valence-electron chi connectivity index (χ1n) is 9.43. The molecule has 2 atom stereocenters. The largest absolute Gasteiger partial charge is 0.496 e. The summed E-state index contributed by atoms with van der Waals surface area (Å²) < 4.78 is 43.4. The number of carbonyl (C=O) groups is 1. The molecule has 1 aromatic carbocycles. The number of carbonyl (C=O) groups excluding carboxylic acids is 1. The number of pyridine rings is 1. The summed E-state index contributed by atoms with van der Waals surface area (Å²) in [5.74, 6) is 0.268. The van der Waals surface area contributed by atoms with Crippen molar-refractivity contribution in [1.29, 1.82) is 0 Å². The number of nitrogens with zero attached hydrogens (tertiary/aromatic N) is 2. The van der Waals surface area contributed by atoms with E-state index in [9.17, 15) is 23.1 Å². The van der Waals surface area contributed by atoms with Gasteiger partial charge in [-0.1, -0.05) is 12.1 Å². The van der Waals surface area contributed by atoms with Crippen LogP contribution >= 0.6 is 0 Å². The van der Waals surface area contributed by atoms with Gasteiger partial charge >= 0.3 is 6.18 Å². The van der Waals surface area contributed by atoms with Crippen molar-refractivity contribution in [3.8, 4) is 5.75 Å². The minimum absolute atomic E-state index is 0.0223. The summed E-state index contributed by atoms with van der Waals surface area (Å²) in [6.07, 6.45) is -0.00667. The highest BCUT2D eigenvalue weighted by atomic mass is 19.4. The van der Waals surface area contributed by atoms with Gasteiger partial charge in [0.1, 0.15) is 11.9 Å². The number of methoxy groups -OCH3 is 1. The van der Waals surface area contributed by atoms with Gasteiger partial charge < -0.3 is 14.7 Å². The normalized spacial score (nSPS) is 18.4. The van der Waals surface area contributed by atoms with E-state index in [1.807, 2.05) is 0 Å². The smallest absolute Gasteiger partial charge is 0.416 e. The molecule has 3 rings (SSSR count). The van der Waals surface area contributed by atoms with Crippen LogP contribution in [0.15, 0.2) is 42.7 Å². The molecule has 8 heteroatoms. The number of alkyl halides is 3. The number of aliphatic hydroxyl groups excluding tert-OH is 1. The zero-order valence-corrected chi connectivity index (χ0v) is 16.0. The average molecular weight is 408 g/mol. The van der Waals surface area contributed by atoms with Gasteiger partial charge in [-0.05, 0) is 43.0 Å². The molecule has 0 spiro atoms. The Kier molecular flexibility index (Phi) is 6.42. The Balaban J connectivity index is 1.76. The summed E-state index contributed by atoms with van der Waals surface area (Å²) in [5.41, 5.74) is 0.263. The minimum atomic E-state index is -4.41. The molecule has 1 aliphatic rings. The van der Waals surface area contributed by atoms with Crippen LogP contribution in [0.25, 0.3) is 0 Å². The van der Waals surface area contributed by atoms with Crippen LogP contribution in [-0.2, 0) is 17.4 Å². The van der Waals surface area contributed by atoms with Crippen LogP contribution in [0.2, 0.25) is 0 Å². The van der Waals surface area contributed by atoms with Gasteiger partial charge in [0, 0.05) is 24.5 Å². The lowest BCUT2D eigenvalue weighted by Crippen LogP contribution is -2.47. The number of ether oxygens (including phenoxy) is 1. The monoisotopic (exact) mass is 408 g/mol. The Bertz CT molecular complexity index is 840. The molecular weight excluding hydrogens is 385 g/mol. The highest BCUT2D eigenvalue weighted by molar-refractivity contribution is 5.79. The van der Waals surface area contributed by atoms with E-state index in [0.717, 1.165) is 25.0 Å². The number of hydrogen-bond donors (Lipinski definition) is 1. The molecule has 0 radical (unpaired) electrons. The van der Waals surface area contributed by atoms with Crippen LogP contribution in [0.5, 0.6) is 5.75 Å². The first-order valence-corrected chi connectivity index (χ1v) is 9.43. The van der Waals surface area contributed by atoms with Gasteiger partial charge in [-0.2, -0.15) is 13.2 Å². The maximum absolute atomic E-state index is 12.9. The molecule has 1 fully saturated rings. The summed E-state index contributed by atoms with van der Waals surface area (Å²) in [6.45, 7) is 0.490. The lowest BCUT2D eigenvalue weighted by molar-refractivity contribution is -0.137. The number of aliphatic hydroxyl groups is 1. The molecule has 0 bridgehead atoms. The van der Waals surface area contributed by atoms with Crippen LogP contribution in [0.1, 0.15) is 42.1 Å². The maximum Gasteiger partial charge on any atom is 0.416 e. The van der Waals surface area contributed by atoms with E-state index in [4.69, 9.17) is 4.74 Å². The van der Waals surface area contributed by atoms with Crippen molar-refractivity contribution < 1.29 is 27.8 Å². The van der Waals surface area contributed by atoms with Gasteiger partial charge in [0.05, 0.1) is 25.1 Å². The highest BCUT2D eigenvalue weighted by Gasteiger charge is 2.34. The molecule has 1 aromatic heterocycles. The predicted molar refractivity (Wildman–Crippen MR) is 100 cm³/mol. The average Bonchev–Trinajstić information content (AvgIpc) is 2.73. The minimum Gasteiger partial charge on any atom is -0.496 e. The van der Waals surface area contributed by atoms with E-state index in [1.54, 1.807) is 17.2 Å². The Morgan fingerprint density at radius 3 is 2.66 bits per heavy atom. The first-order chi connectivity index (χ1) is 13.8. The molecular formula is C21H23F3N2O3. The van der Waals surface area contributed by atoms with E-state index < -0.39 is 23.9 Å². The summed E-state index contributed by atoms with van der Waals surface area (Å²) in [5, 5.41) is 10.9. The highest BCUT2D eigenvalue weighted by Crippen LogP contribution is 2.33. The number of aromatic nitrogens is 1. The Labute approximate surface area is 167 Å². The van der Waals surface area contributed by atoms with Crippen molar-refractivity contribution in [2.45, 2.75) is 44.0 Å². The van der Waals surface area contributed by atoms with Crippen LogP contribution in [0.4, 0.5) is 13.2 Å². The number of piperidine rings is 1. The van der Waals surface area contributed by atoms with Crippen LogP contribution in [0.3, 0.4) is 0 Å². The molecule has 1 N–H and O–H groups in total. The standard InChI is InChI=1S/C21H23F3N2O3/c1-29-18-9-10-25-13-16(18)20(28)17-4-2-3-11-26(17)19(27)12-14-5-7-15(8-6-14)21(22,23)24/h5-10,13,17,20,28H,2-4,11-12H2,1H3/t17-,20+/m1/s1. The van der Waals surface area contributed by atoms with Crippen molar-refractivity contribution in [2.75, 3.05) is 13.7 Å². The fraction of sp³-hybridized carbons (Fsp3) is 0.429. The lowest BCUT2D eigenvalue weighted by atomic mass is 9.92. The molecule has 29 heavy (non-hydrogen) atoms. The third kappa shape index (κ3) is 4.87. The van der Waals surface area contributed by atoms with Gasteiger partial charge in [0.25, 0.3) is 0 Å². The van der Waals surface area contributed by atoms with Gasteiger partial charge in [-0.25, -0.2) is 0 Å². The molecule has 1 aliphatic heterocycles. The predicted octanol–water partition coefficient (Wildman–Crippen LogP) is 3.77. The molecule has 0 unspecified atom stereocenters. The summed E-state index contributed by atoms with van der Waals surface area (Å²) in [7, 11) is 1.50. The number of amides is 1. The number of likely N-dealkylation sites (tertiary alicyclic amines) is 1. The fourth-order valence-electron chi connectivity index (χ4n) is 3.69. The van der Waals surface area contributed by atoms with Gasteiger partial charge in [0.15, 0.2) is 0 Å². The molecule has 1 amide bonds. The Morgan fingerprint density at radius 1 is 1.28 bits per heavy atom. The Hall–Kier alpha value is -2.61. The van der Waals surface area contributed by atoms with Crippen molar-refractivity contribution in [3.05, 3.63) is 59.4 Å². The molecule has 2 heterocycles. The van der Waals surface area contributed by atoms with E-state index in [2.05, 4.69) is 4.98 Å². The number of halogens is 3. The molecule has 1 saturated heterocycles. The van der Waals surface area contributed by atoms with Crippen molar-refractivity contribution >= 4 is 5.91 Å². The third-order valence-corrected chi connectivity index (χ3v) is 5.22.